The quantitative estimate of drug-likeness (QED) is 0.555. The van der Waals surface area contributed by atoms with E-state index < -0.39 is 6.04 Å². The molecule has 2 heterocycles. The van der Waals surface area contributed by atoms with Crippen LogP contribution in [-0.2, 0) is 16.2 Å². The Morgan fingerprint density at radius 1 is 1.06 bits per heavy atom. The SMILES string of the molecule is CN[C@@H](C)C(=O)NC(C(=O)N1CCC2C1CCN2C1CCCC1)C(C)(C)C.OCc1ccc(F)cc1. The maximum Gasteiger partial charge on any atom is 0.245 e. The molecule has 2 amide bonds. The van der Waals surface area contributed by atoms with Gasteiger partial charge in [0.15, 0.2) is 0 Å². The van der Waals surface area contributed by atoms with Gasteiger partial charge in [-0.1, -0.05) is 45.7 Å². The molecule has 3 unspecified atom stereocenters. The van der Waals surface area contributed by atoms with E-state index in [0.29, 0.717) is 12.1 Å². The highest BCUT2D eigenvalue weighted by molar-refractivity contribution is 5.90. The van der Waals surface area contributed by atoms with Gasteiger partial charge in [-0.2, -0.15) is 0 Å². The van der Waals surface area contributed by atoms with Crippen LogP contribution in [0.2, 0.25) is 0 Å². The molecule has 3 fully saturated rings. The van der Waals surface area contributed by atoms with Gasteiger partial charge in [0.05, 0.1) is 12.6 Å². The number of likely N-dealkylation sites (tertiary alicyclic amines) is 2. The normalized spacial score (nSPS) is 24.1. The van der Waals surface area contributed by atoms with Crippen molar-refractivity contribution in [1.82, 2.24) is 20.4 Å². The van der Waals surface area contributed by atoms with Gasteiger partial charge in [-0.3, -0.25) is 14.5 Å². The van der Waals surface area contributed by atoms with E-state index in [1.54, 1.807) is 19.2 Å². The molecule has 2 aliphatic heterocycles. The second kappa shape index (κ2) is 12.5. The van der Waals surface area contributed by atoms with Gasteiger partial charge in [0.25, 0.3) is 0 Å². The number of carbonyl (C=O) groups excluding carboxylic acids is 2. The van der Waals surface area contributed by atoms with Gasteiger partial charge in [-0.05, 0) is 62.8 Å². The smallest absolute Gasteiger partial charge is 0.245 e. The highest BCUT2D eigenvalue weighted by atomic mass is 19.1. The number of nitrogens with one attached hydrogen (secondary N) is 2. The second-order valence-corrected chi connectivity index (χ2v) is 11.5. The summed E-state index contributed by atoms with van der Waals surface area (Å²) >= 11 is 0. The molecule has 3 N–H and O–H groups in total. The summed E-state index contributed by atoms with van der Waals surface area (Å²) in [5.74, 6) is -0.285. The van der Waals surface area contributed by atoms with Crippen molar-refractivity contribution in [3.63, 3.8) is 0 Å². The first kappa shape index (κ1) is 28.5. The average Bonchev–Trinajstić information content (AvgIpc) is 3.59. The number of aliphatic hydroxyl groups excluding tert-OH is 1. The molecule has 2 saturated heterocycles. The van der Waals surface area contributed by atoms with Crippen molar-refractivity contribution in [1.29, 1.82) is 0 Å². The Bertz CT molecular complexity index is 867. The van der Waals surface area contributed by atoms with E-state index >= 15 is 0 Å². The van der Waals surface area contributed by atoms with Crippen LogP contribution in [0.1, 0.15) is 71.8 Å². The number of likely N-dealkylation sites (N-methyl/N-ethyl adjacent to an activating group) is 1. The summed E-state index contributed by atoms with van der Waals surface area (Å²) < 4.78 is 12.1. The molecule has 0 spiro atoms. The first-order valence-corrected chi connectivity index (χ1v) is 13.5. The third-order valence-electron chi connectivity index (χ3n) is 8.02. The maximum absolute atomic E-state index is 13.5. The Morgan fingerprint density at radius 3 is 2.22 bits per heavy atom. The molecule has 4 atom stereocenters. The summed E-state index contributed by atoms with van der Waals surface area (Å²) in [5.41, 5.74) is 0.415. The van der Waals surface area contributed by atoms with Crippen molar-refractivity contribution in [3.8, 4) is 0 Å². The Hall–Kier alpha value is -2.03. The number of amides is 2. The molecule has 0 bridgehead atoms. The van der Waals surface area contributed by atoms with Crippen LogP contribution in [0, 0.1) is 11.2 Å². The van der Waals surface area contributed by atoms with E-state index in [9.17, 15) is 14.0 Å². The van der Waals surface area contributed by atoms with Crippen molar-refractivity contribution in [2.75, 3.05) is 20.1 Å². The number of rotatable bonds is 6. The standard InChI is InChI=1S/C21H38N4O2.C7H7FO/c1-14(22-5)19(26)23-18(21(2,3)4)20(27)25-13-11-16-17(25)10-12-24(16)15-8-6-7-9-15;8-7-3-1-6(5-9)2-4-7/h14-18,22H,6-13H2,1-5H3,(H,23,26);1-4,9H,5H2/t14-,16?,17?,18?;/m0./s1. The molecule has 8 heteroatoms. The number of hydrogen-bond donors (Lipinski definition) is 3. The molecule has 4 rings (SSSR count). The van der Waals surface area contributed by atoms with Crippen LogP contribution in [-0.4, -0.2) is 77.1 Å². The summed E-state index contributed by atoms with van der Waals surface area (Å²) in [7, 11) is 1.76. The molecule has 1 saturated carbocycles. The molecular formula is C28H45FN4O3. The zero-order valence-electron chi connectivity index (χ0n) is 22.6. The first-order valence-electron chi connectivity index (χ1n) is 13.5. The topological polar surface area (TPSA) is 84.9 Å². The number of aliphatic hydroxyl groups is 1. The van der Waals surface area contributed by atoms with E-state index in [0.717, 1.165) is 37.5 Å². The van der Waals surface area contributed by atoms with E-state index in [4.69, 9.17) is 5.11 Å². The number of carbonyl (C=O) groups is 2. The zero-order chi connectivity index (χ0) is 26.5. The van der Waals surface area contributed by atoms with Gasteiger partial charge in [0.1, 0.15) is 11.9 Å². The Balaban J connectivity index is 0.000000338. The molecule has 7 nitrogen and oxygen atoms in total. The van der Waals surface area contributed by atoms with Crippen molar-refractivity contribution < 1.29 is 19.1 Å². The third-order valence-corrected chi connectivity index (χ3v) is 8.02. The van der Waals surface area contributed by atoms with Gasteiger partial charge in [-0.15, -0.1) is 0 Å². The Kier molecular flexibility index (Phi) is 9.89. The lowest BCUT2D eigenvalue weighted by Crippen LogP contribution is -2.58. The van der Waals surface area contributed by atoms with E-state index in [1.165, 1.54) is 37.8 Å². The Labute approximate surface area is 215 Å². The maximum atomic E-state index is 13.5. The van der Waals surface area contributed by atoms with Gasteiger partial charge in [0.2, 0.25) is 11.8 Å². The van der Waals surface area contributed by atoms with E-state index in [-0.39, 0.29) is 35.7 Å². The minimum Gasteiger partial charge on any atom is -0.392 e. The summed E-state index contributed by atoms with van der Waals surface area (Å²) in [6.45, 7) is 9.84. The fourth-order valence-corrected chi connectivity index (χ4v) is 5.79. The molecule has 36 heavy (non-hydrogen) atoms. The van der Waals surface area contributed by atoms with Crippen LogP contribution < -0.4 is 10.6 Å². The van der Waals surface area contributed by atoms with Crippen LogP contribution in [0.4, 0.5) is 4.39 Å². The minimum absolute atomic E-state index is 0.0275. The van der Waals surface area contributed by atoms with Crippen molar-refractivity contribution in [2.24, 2.45) is 5.41 Å². The van der Waals surface area contributed by atoms with Crippen molar-refractivity contribution >= 4 is 11.8 Å². The van der Waals surface area contributed by atoms with Gasteiger partial charge in [-0.25, -0.2) is 4.39 Å². The minimum atomic E-state index is -0.486. The molecule has 1 aliphatic carbocycles. The molecule has 0 aromatic heterocycles. The van der Waals surface area contributed by atoms with Crippen LogP contribution >= 0.6 is 0 Å². The predicted octanol–water partition coefficient (Wildman–Crippen LogP) is 3.06. The molecule has 3 aliphatic rings. The lowest BCUT2D eigenvalue weighted by molar-refractivity contribution is -0.140. The first-order chi connectivity index (χ1) is 17.1. The second-order valence-electron chi connectivity index (χ2n) is 11.5. The number of halogens is 1. The summed E-state index contributed by atoms with van der Waals surface area (Å²) in [6, 6.07) is 6.52. The van der Waals surface area contributed by atoms with Crippen LogP contribution in [0.15, 0.2) is 24.3 Å². The lowest BCUT2D eigenvalue weighted by atomic mass is 9.85. The van der Waals surface area contributed by atoms with Crippen LogP contribution in [0.3, 0.4) is 0 Å². The third kappa shape index (κ3) is 6.84. The highest BCUT2D eigenvalue weighted by Gasteiger charge is 2.49. The predicted molar refractivity (Wildman–Crippen MR) is 140 cm³/mol. The molecule has 202 valence electrons. The zero-order valence-corrected chi connectivity index (χ0v) is 22.6. The fraction of sp³-hybridized carbons (Fsp3) is 0.714. The highest BCUT2D eigenvalue weighted by Crippen LogP contribution is 2.38. The van der Waals surface area contributed by atoms with Gasteiger partial charge in [0, 0.05) is 31.2 Å². The molecule has 1 aromatic rings. The van der Waals surface area contributed by atoms with Gasteiger partial charge < -0.3 is 20.6 Å². The number of benzene rings is 1. The number of hydrogen-bond acceptors (Lipinski definition) is 5. The van der Waals surface area contributed by atoms with E-state index in [2.05, 4.69) is 20.4 Å². The fourth-order valence-electron chi connectivity index (χ4n) is 5.79. The summed E-state index contributed by atoms with van der Waals surface area (Å²) in [4.78, 5) is 30.7. The van der Waals surface area contributed by atoms with E-state index in [1.807, 2.05) is 27.7 Å². The summed E-state index contributed by atoms with van der Waals surface area (Å²) in [6.07, 6.45) is 7.49. The average molecular weight is 505 g/mol. The molecule has 1 aromatic carbocycles. The summed E-state index contributed by atoms with van der Waals surface area (Å²) in [5, 5.41) is 14.5. The number of fused-ring (bicyclic) bond motifs is 1. The Morgan fingerprint density at radius 2 is 1.67 bits per heavy atom. The largest absolute Gasteiger partial charge is 0.392 e. The molecular weight excluding hydrogens is 459 g/mol. The van der Waals surface area contributed by atoms with Crippen molar-refractivity contribution in [2.45, 2.75) is 103 Å². The van der Waals surface area contributed by atoms with Gasteiger partial charge >= 0.3 is 0 Å². The number of nitrogens with zero attached hydrogens (tertiary/aromatic N) is 2. The monoisotopic (exact) mass is 504 g/mol. The van der Waals surface area contributed by atoms with Crippen LogP contribution in [0.5, 0.6) is 0 Å². The van der Waals surface area contributed by atoms with Crippen LogP contribution in [0.25, 0.3) is 0 Å². The van der Waals surface area contributed by atoms with Crippen molar-refractivity contribution in [3.05, 3.63) is 35.6 Å². The lowest BCUT2D eigenvalue weighted by Gasteiger charge is -2.36. The molecule has 0 radical (unpaired) electrons.